The zero-order valence-corrected chi connectivity index (χ0v) is 22.0. The number of hydrogen-bond acceptors (Lipinski definition) is 2. The second-order valence-electron chi connectivity index (χ2n) is 12.4. The Balaban J connectivity index is 1.04. The van der Waals surface area contributed by atoms with Gasteiger partial charge in [0.05, 0.1) is 13.2 Å². The van der Waals surface area contributed by atoms with Crippen LogP contribution in [0.1, 0.15) is 109 Å². The Morgan fingerprint density at radius 3 is 1.51 bits per heavy atom. The second-order valence-corrected chi connectivity index (χ2v) is 12.4. The van der Waals surface area contributed by atoms with Crippen molar-refractivity contribution in [2.45, 2.75) is 115 Å². The number of rotatable bonds is 10. The monoisotopic (exact) mass is 492 g/mol. The van der Waals surface area contributed by atoms with Gasteiger partial charge in [0.15, 0.2) is 6.29 Å². The van der Waals surface area contributed by atoms with Gasteiger partial charge in [-0.25, -0.2) is 0 Å². The van der Waals surface area contributed by atoms with Crippen LogP contribution in [-0.2, 0) is 9.47 Å². The molecule has 200 valence electrons. The molecule has 3 aliphatic carbocycles. The molecule has 0 N–H and O–H groups in total. The molecule has 4 heteroatoms. The van der Waals surface area contributed by atoms with Gasteiger partial charge in [0, 0.05) is 5.92 Å². The summed E-state index contributed by atoms with van der Waals surface area (Å²) in [6.45, 7) is 5.38. The van der Waals surface area contributed by atoms with Gasteiger partial charge in [-0.15, -0.1) is 0 Å². The summed E-state index contributed by atoms with van der Waals surface area (Å²) in [6, 6.07) is 0. The molecular formula is C31H50F2O2. The third-order valence-electron chi connectivity index (χ3n) is 10.2. The van der Waals surface area contributed by atoms with Crippen molar-refractivity contribution in [2.24, 2.45) is 41.4 Å². The first-order chi connectivity index (χ1) is 17.1. The van der Waals surface area contributed by atoms with E-state index in [0.717, 1.165) is 61.7 Å². The highest BCUT2D eigenvalue weighted by Gasteiger charge is 2.34. The minimum atomic E-state index is -1.50. The standard InChI is InChI=1S/C31H50F2O2/c1-2-31-34-21-25(22-35-31)6-4-3-5-23-7-12-26(13-8-23)28-16-18-29(19-17-28)27-14-9-24(10-15-27)11-20-30(32)33/h2,20,23-29,31H,1,3-19,21-22H2. The normalized spacial score (nSPS) is 38.6. The molecule has 3 saturated carbocycles. The van der Waals surface area contributed by atoms with Crippen molar-refractivity contribution in [3.8, 4) is 0 Å². The van der Waals surface area contributed by atoms with Gasteiger partial charge >= 0.3 is 0 Å². The number of unbranched alkanes of at least 4 members (excludes halogenated alkanes) is 1. The highest BCUT2D eigenvalue weighted by Crippen LogP contribution is 2.46. The summed E-state index contributed by atoms with van der Waals surface area (Å²) in [6.07, 6.45) is 23.6. The van der Waals surface area contributed by atoms with Gasteiger partial charge in [-0.2, -0.15) is 8.78 Å². The van der Waals surface area contributed by atoms with Gasteiger partial charge in [-0.05, 0) is 125 Å². The summed E-state index contributed by atoms with van der Waals surface area (Å²) >= 11 is 0. The summed E-state index contributed by atoms with van der Waals surface area (Å²) in [5, 5.41) is 0. The molecule has 0 aromatic carbocycles. The maximum Gasteiger partial charge on any atom is 0.266 e. The third kappa shape index (κ3) is 8.66. The summed E-state index contributed by atoms with van der Waals surface area (Å²) < 4.78 is 36.1. The molecule has 0 aromatic heterocycles. The molecule has 4 rings (SSSR count). The van der Waals surface area contributed by atoms with Crippen LogP contribution in [-0.4, -0.2) is 19.5 Å². The van der Waals surface area contributed by atoms with Crippen LogP contribution >= 0.6 is 0 Å². The topological polar surface area (TPSA) is 18.5 Å². The highest BCUT2D eigenvalue weighted by atomic mass is 19.3. The van der Waals surface area contributed by atoms with Crippen LogP contribution < -0.4 is 0 Å². The van der Waals surface area contributed by atoms with Gasteiger partial charge < -0.3 is 9.47 Å². The lowest BCUT2D eigenvalue weighted by atomic mass is 9.64. The number of hydrogen-bond donors (Lipinski definition) is 0. The lowest BCUT2D eigenvalue weighted by Gasteiger charge is -2.41. The molecule has 1 aliphatic heterocycles. The van der Waals surface area contributed by atoms with E-state index >= 15 is 0 Å². The minimum Gasteiger partial charge on any atom is -0.349 e. The molecule has 2 nitrogen and oxygen atoms in total. The first-order valence-electron chi connectivity index (χ1n) is 15.0. The van der Waals surface area contributed by atoms with E-state index < -0.39 is 6.08 Å². The van der Waals surface area contributed by atoms with E-state index in [1.807, 2.05) is 0 Å². The van der Waals surface area contributed by atoms with Crippen molar-refractivity contribution in [3.63, 3.8) is 0 Å². The Labute approximate surface area is 213 Å². The van der Waals surface area contributed by atoms with Crippen molar-refractivity contribution in [2.75, 3.05) is 13.2 Å². The Hall–Kier alpha value is -0.740. The molecule has 0 atom stereocenters. The number of halogens is 2. The summed E-state index contributed by atoms with van der Waals surface area (Å²) in [4.78, 5) is 0. The lowest BCUT2D eigenvalue weighted by Crippen LogP contribution is -2.30. The van der Waals surface area contributed by atoms with Crippen molar-refractivity contribution in [3.05, 3.63) is 24.8 Å². The van der Waals surface area contributed by atoms with E-state index in [2.05, 4.69) is 6.58 Å². The van der Waals surface area contributed by atoms with E-state index in [-0.39, 0.29) is 6.29 Å². The minimum absolute atomic E-state index is 0.193. The van der Waals surface area contributed by atoms with E-state index in [1.165, 1.54) is 89.9 Å². The first kappa shape index (κ1) is 27.3. The molecular weight excluding hydrogens is 442 g/mol. The van der Waals surface area contributed by atoms with Crippen molar-refractivity contribution >= 4 is 0 Å². The fourth-order valence-electron chi connectivity index (χ4n) is 7.91. The van der Waals surface area contributed by atoms with Gasteiger partial charge in [-0.3, -0.25) is 0 Å². The largest absolute Gasteiger partial charge is 0.349 e. The average Bonchev–Trinajstić information content (AvgIpc) is 2.91. The molecule has 1 heterocycles. The molecule has 0 aromatic rings. The van der Waals surface area contributed by atoms with Crippen LogP contribution in [0.25, 0.3) is 0 Å². The molecule has 1 saturated heterocycles. The number of allylic oxidation sites excluding steroid dienone is 1. The van der Waals surface area contributed by atoms with Crippen molar-refractivity contribution < 1.29 is 18.3 Å². The Kier molecular flexibility index (Phi) is 11.1. The quantitative estimate of drug-likeness (QED) is 0.223. The first-order valence-corrected chi connectivity index (χ1v) is 15.0. The summed E-state index contributed by atoms with van der Waals surface area (Å²) in [5.41, 5.74) is 0. The van der Waals surface area contributed by atoms with Crippen LogP contribution in [0.3, 0.4) is 0 Å². The fraction of sp³-hybridized carbons (Fsp3) is 0.871. The smallest absolute Gasteiger partial charge is 0.266 e. The molecule has 0 bridgehead atoms. The van der Waals surface area contributed by atoms with Crippen molar-refractivity contribution in [1.29, 1.82) is 0 Å². The van der Waals surface area contributed by atoms with Gasteiger partial charge in [0.2, 0.25) is 0 Å². The molecule has 0 radical (unpaired) electrons. The zero-order valence-electron chi connectivity index (χ0n) is 22.0. The zero-order chi connectivity index (χ0) is 24.5. The second kappa shape index (κ2) is 14.3. The average molecular weight is 493 g/mol. The maximum atomic E-state index is 12.4. The van der Waals surface area contributed by atoms with Crippen molar-refractivity contribution in [1.82, 2.24) is 0 Å². The Morgan fingerprint density at radius 2 is 1.06 bits per heavy atom. The summed E-state index contributed by atoms with van der Waals surface area (Å²) in [5.74, 6) is 5.78. The van der Waals surface area contributed by atoms with Gasteiger partial charge in [0.25, 0.3) is 6.08 Å². The molecule has 4 aliphatic rings. The van der Waals surface area contributed by atoms with Crippen LogP contribution in [0.4, 0.5) is 8.78 Å². The number of ether oxygens (including phenoxy) is 2. The predicted octanol–water partition coefficient (Wildman–Crippen LogP) is 9.31. The molecule has 0 unspecified atom stereocenters. The Bertz CT molecular complexity index is 628. The van der Waals surface area contributed by atoms with E-state index in [4.69, 9.17) is 9.47 Å². The van der Waals surface area contributed by atoms with E-state index in [1.54, 1.807) is 6.08 Å². The maximum absolute atomic E-state index is 12.4. The SMILES string of the molecule is C=CC1OCC(CCCCC2CCC(C3CCC(C4CCC(CC=C(F)F)CC4)CC3)CC2)CO1. The summed E-state index contributed by atoms with van der Waals surface area (Å²) in [7, 11) is 0. The molecule has 4 fully saturated rings. The van der Waals surface area contributed by atoms with Crippen LogP contribution in [0, 0.1) is 41.4 Å². The van der Waals surface area contributed by atoms with Gasteiger partial charge in [0.1, 0.15) is 0 Å². The van der Waals surface area contributed by atoms with Crippen LogP contribution in [0.2, 0.25) is 0 Å². The van der Waals surface area contributed by atoms with Gasteiger partial charge in [-0.1, -0.05) is 38.7 Å². The lowest BCUT2D eigenvalue weighted by molar-refractivity contribution is -0.175. The highest BCUT2D eigenvalue weighted by molar-refractivity contribution is 4.89. The van der Waals surface area contributed by atoms with Crippen LogP contribution in [0.5, 0.6) is 0 Å². The molecule has 0 amide bonds. The molecule has 35 heavy (non-hydrogen) atoms. The fourth-order valence-corrected chi connectivity index (χ4v) is 7.91. The Morgan fingerprint density at radius 1 is 0.629 bits per heavy atom. The predicted molar refractivity (Wildman–Crippen MR) is 139 cm³/mol. The van der Waals surface area contributed by atoms with E-state index in [0.29, 0.717) is 18.3 Å². The van der Waals surface area contributed by atoms with Crippen LogP contribution in [0.15, 0.2) is 24.8 Å². The third-order valence-corrected chi connectivity index (χ3v) is 10.2. The molecule has 0 spiro atoms. The van der Waals surface area contributed by atoms with E-state index in [9.17, 15) is 8.78 Å².